The van der Waals surface area contributed by atoms with Crippen molar-refractivity contribution in [2.45, 2.75) is 19.0 Å². The first kappa shape index (κ1) is 17.2. The lowest BCUT2D eigenvalue weighted by atomic mass is 9.94. The lowest BCUT2D eigenvalue weighted by molar-refractivity contribution is 0.0730. The van der Waals surface area contributed by atoms with Crippen LogP contribution >= 0.6 is 0 Å². The van der Waals surface area contributed by atoms with Gasteiger partial charge in [-0.2, -0.15) is 0 Å². The first-order valence-electron chi connectivity index (χ1n) is 8.19. The summed E-state index contributed by atoms with van der Waals surface area (Å²) in [6.45, 7) is 1.34. The molecule has 0 saturated carbocycles. The van der Waals surface area contributed by atoms with Crippen LogP contribution in [0.1, 0.15) is 21.5 Å². The average Bonchev–Trinajstić information content (AvgIpc) is 2.58. The van der Waals surface area contributed by atoms with E-state index in [0.717, 1.165) is 13.0 Å². The molecule has 0 bridgehead atoms. The predicted octanol–water partition coefficient (Wildman–Crippen LogP) is 0.202. The zero-order chi connectivity index (χ0) is 18.1. The third-order valence-corrected chi connectivity index (χ3v) is 4.79. The molecule has 1 aliphatic rings. The number of amides is 1. The lowest BCUT2D eigenvalue weighted by Crippen LogP contribution is -2.47. The fourth-order valence-corrected chi connectivity index (χ4v) is 3.24. The van der Waals surface area contributed by atoms with Crippen LogP contribution in [0, 0.1) is 0 Å². The van der Waals surface area contributed by atoms with E-state index in [1.165, 1.54) is 28.9 Å². The molecule has 7 heteroatoms. The van der Waals surface area contributed by atoms with E-state index in [-0.39, 0.29) is 17.5 Å². The number of H-pyrrole nitrogens is 1. The van der Waals surface area contributed by atoms with E-state index in [2.05, 4.69) is 22.0 Å². The molecule has 1 atom stereocenters. The maximum absolute atomic E-state index is 12.6. The number of fused-ring (bicyclic) bond motifs is 1. The van der Waals surface area contributed by atoms with Crippen LogP contribution in [-0.4, -0.2) is 51.9 Å². The number of rotatable bonds is 3. The van der Waals surface area contributed by atoms with E-state index in [4.69, 9.17) is 0 Å². The molecule has 1 unspecified atom stereocenters. The Morgan fingerprint density at radius 1 is 1.24 bits per heavy atom. The van der Waals surface area contributed by atoms with Crippen molar-refractivity contribution in [2.24, 2.45) is 7.05 Å². The summed E-state index contributed by atoms with van der Waals surface area (Å²) in [4.78, 5) is 41.9. The summed E-state index contributed by atoms with van der Waals surface area (Å²) in [6.07, 6.45) is 2.15. The third-order valence-electron chi connectivity index (χ3n) is 4.79. The van der Waals surface area contributed by atoms with Crippen LogP contribution in [0.2, 0.25) is 0 Å². The Kier molecular flexibility index (Phi) is 4.59. The standard InChI is InChI=1S/C18H22N4O3/c1-20-9-13-7-5-4-6-12(13)8-14(20)10-21(2)17(24)15-11-22(3)18(25)19-16(15)23/h4-7,11,14H,8-10H2,1-3H3,(H,19,23,25). The van der Waals surface area contributed by atoms with Gasteiger partial charge >= 0.3 is 5.69 Å². The first-order chi connectivity index (χ1) is 11.9. The number of carbonyl (C=O) groups excluding carboxylic acids is 1. The van der Waals surface area contributed by atoms with Gasteiger partial charge in [0.25, 0.3) is 11.5 Å². The predicted molar refractivity (Wildman–Crippen MR) is 94.7 cm³/mol. The Labute approximate surface area is 145 Å². The summed E-state index contributed by atoms with van der Waals surface area (Å²) in [7, 11) is 5.22. The number of aromatic nitrogens is 2. The molecule has 2 heterocycles. The fourth-order valence-electron chi connectivity index (χ4n) is 3.24. The first-order valence-corrected chi connectivity index (χ1v) is 8.19. The summed E-state index contributed by atoms with van der Waals surface area (Å²) in [6, 6.07) is 8.49. The number of hydrogen-bond acceptors (Lipinski definition) is 4. The summed E-state index contributed by atoms with van der Waals surface area (Å²) in [5.74, 6) is -0.385. The Morgan fingerprint density at radius 3 is 2.64 bits per heavy atom. The van der Waals surface area contributed by atoms with E-state index < -0.39 is 11.2 Å². The fraction of sp³-hybridized carbons (Fsp3) is 0.389. The van der Waals surface area contributed by atoms with Crippen molar-refractivity contribution in [2.75, 3.05) is 20.6 Å². The second-order valence-electron chi connectivity index (χ2n) is 6.64. The average molecular weight is 342 g/mol. The molecule has 0 aliphatic carbocycles. The second-order valence-corrected chi connectivity index (χ2v) is 6.64. The van der Waals surface area contributed by atoms with Gasteiger partial charge in [-0.1, -0.05) is 24.3 Å². The Hall–Kier alpha value is -2.67. The normalized spacial score (nSPS) is 17.2. The van der Waals surface area contributed by atoms with Crippen LogP contribution in [0.25, 0.3) is 0 Å². The van der Waals surface area contributed by atoms with Gasteiger partial charge in [-0.05, 0) is 24.6 Å². The molecule has 1 aromatic heterocycles. The quantitative estimate of drug-likeness (QED) is 0.864. The van der Waals surface area contributed by atoms with Crippen LogP contribution in [0.15, 0.2) is 40.1 Å². The van der Waals surface area contributed by atoms with Gasteiger partial charge in [0.05, 0.1) is 0 Å². The maximum Gasteiger partial charge on any atom is 0.328 e. The molecular weight excluding hydrogens is 320 g/mol. The molecule has 1 amide bonds. The molecule has 2 aromatic rings. The minimum Gasteiger partial charge on any atom is -0.340 e. The smallest absolute Gasteiger partial charge is 0.328 e. The topological polar surface area (TPSA) is 78.4 Å². The molecule has 25 heavy (non-hydrogen) atoms. The number of aryl methyl sites for hydroxylation is 1. The van der Waals surface area contributed by atoms with Gasteiger partial charge in [-0.15, -0.1) is 0 Å². The van der Waals surface area contributed by atoms with Crippen molar-refractivity contribution in [1.82, 2.24) is 19.4 Å². The molecule has 1 aliphatic heterocycles. The summed E-state index contributed by atoms with van der Waals surface area (Å²) >= 11 is 0. The van der Waals surface area contributed by atoms with Crippen LogP contribution in [0.3, 0.4) is 0 Å². The van der Waals surface area contributed by atoms with Crippen LogP contribution < -0.4 is 11.2 Å². The molecular formula is C18H22N4O3. The minimum atomic E-state index is -0.651. The monoisotopic (exact) mass is 342 g/mol. The molecule has 1 N–H and O–H groups in total. The molecule has 3 rings (SSSR count). The number of aromatic amines is 1. The molecule has 0 fully saturated rings. The molecule has 1 aromatic carbocycles. The van der Waals surface area contributed by atoms with Gasteiger partial charge < -0.3 is 9.47 Å². The number of nitrogens with zero attached hydrogens (tertiary/aromatic N) is 3. The largest absolute Gasteiger partial charge is 0.340 e. The van der Waals surface area contributed by atoms with Crippen molar-refractivity contribution in [1.29, 1.82) is 0 Å². The molecule has 0 saturated heterocycles. The molecule has 0 spiro atoms. The number of nitrogens with one attached hydrogen (secondary N) is 1. The van der Waals surface area contributed by atoms with Crippen LogP contribution in [0.4, 0.5) is 0 Å². The Morgan fingerprint density at radius 2 is 1.92 bits per heavy atom. The van der Waals surface area contributed by atoms with Gasteiger partial charge in [0, 0.05) is 39.4 Å². The van der Waals surface area contributed by atoms with Crippen molar-refractivity contribution >= 4 is 5.91 Å². The number of benzene rings is 1. The van der Waals surface area contributed by atoms with Crippen molar-refractivity contribution in [3.05, 3.63) is 68.0 Å². The van der Waals surface area contributed by atoms with Gasteiger partial charge in [0.15, 0.2) is 0 Å². The lowest BCUT2D eigenvalue weighted by Gasteiger charge is -2.36. The Balaban J connectivity index is 1.77. The second kappa shape index (κ2) is 6.68. The van der Waals surface area contributed by atoms with Gasteiger partial charge in [0.2, 0.25) is 0 Å². The zero-order valence-corrected chi connectivity index (χ0v) is 14.7. The van der Waals surface area contributed by atoms with Gasteiger partial charge in [-0.3, -0.25) is 19.5 Å². The highest BCUT2D eigenvalue weighted by atomic mass is 16.2. The summed E-state index contributed by atoms with van der Waals surface area (Å²) < 4.78 is 1.20. The van der Waals surface area contributed by atoms with Crippen LogP contribution in [-0.2, 0) is 20.0 Å². The van der Waals surface area contributed by atoms with E-state index >= 15 is 0 Å². The highest BCUT2D eigenvalue weighted by Crippen LogP contribution is 2.22. The van der Waals surface area contributed by atoms with Crippen molar-refractivity contribution in [3.8, 4) is 0 Å². The minimum absolute atomic E-state index is 0.0246. The van der Waals surface area contributed by atoms with E-state index in [9.17, 15) is 14.4 Å². The van der Waals surface area contributed by atoms with Crippen LogP contribution in [0.5, 0.6) is 0 Å². The van der Waals surface area contributed by atoms with Crippen molar-refractivity contribution in [3.63, 3.8) is 0 Å². The maximum atomic E-state index is 12.6. The van der Waals surface area contributed by atoms with Gasteiger partial charge in [-0.25, -0.2) is 4.79 Å². The summed E-state index contributed by atoms with van der Waals surface area (Å²) in [5.41, 5.74) is 1.40. The number of hydrogen-bond donors (Lipinski definition) is 1. The molecule has 7 nitrogen and oxygen atoms in total. The van der Waals surface area contributed by atoms with E-state index in [1.807, 2.05) is 19.2 Å². The molecule has 132 valence electrons. The third kappa shape index (κ3) is 3.41. The highest BCUT2D eigenvalue weighted by molar-refractivity contribution is 5.93. The van der Waals surface area contributed by atoms with E-state index in [0.29, 0.717) is 6.54 Å². The molecule has 0 radical (unpaired) electrons. The highest BCUT2D eigenvalue weighted by Gasteiger charge is 2.26. The Bertz CT molecular complexity index is 915. The van der Waals surface area contributed by atoms with Crippen molar-refractivity contribution < 1.29 is 4.79 Å². The SMILES string of the molecule is CN(CC1Cc2ccccc2CN1C)C(=O)c1cn(C)c(=O)[nH]c1=O. The number of carbonyl (C=O) groups is 1. The number of likely N-dealkylation sites (N-methyl/N-ethyl adjacent to an activating group) is 2. The zero-order valence-electron chi connectivity index (χ0n) is 14.7. The van der Waals surface area contributed by atoms with Gasteiger partial charge in [0.1, 0.15) is 5.56 Å². The van der Waals surface area contributed by atoms with E-state index in [1.54, 1.807) is 11.9 Å². The summed E-state index contributed by atoms with van der Waals surface area (Å²) in [5, 5.41) is 0.